The summed E-state index contributed by atoms with van der Waals surface area (Å²) in [4.78, 5) is 30.6. The van der Waals surface area contributed by atoms with Crippen LogP contribution in [-0.2, 0) is 29.0 Å². The number of hydrogen-bond donors (Lipinski definition) is 1. The first-order valence-electron chi connectivity index (χ1n) is 9.38. The molecule has 3 aromatic rings. The van der Waals surface area contributed by atoms with E-state index in [1.165, 1.54) is 16.2 Å². The number of hydrogen-bond acceptors (Lipinski definition) is 8. The Morgan fingerprint density at radius 2 is 2.14 bits per heavy atom. The summed E-state index contributed by atoms with van der Waals surface area (Å²) in [5, 5.41) is 16.3. The van der Waals surface area contributed by atoms with Crippen molar-refractivity contribution in [2.45, 2.75) is 32.7 Å². The fourth-order valence-electron chi connectivity index (χ4n) is 3.08. The molecular formula is C19H20N6O3S. The molecular weight excluding hydrogens is 392 g/mol. The minimum atomic E-state index is -0.447. The zero-order valence-corrected chi connectivity index (χ0v) is 16.7. The molecule has 1 aromatic carbocycles. The fraction of sp³-hybridized carbons (Fsp3) is 0.368. The van der Waals surface area contributed by atoms with Gasteiger partial charge in [0.1, 0.15) is 5.01 Å². The van der Waals surface area contributed by atoms with Crippen molar-refractivity contribution in [2.75, 3.05) is 11.4 Å². The largest absolute Gasteiger partial charge is 0.347 e. The summed E-state index contributed by atoms with van der Waals surface area (Å²) in [7, 11) is 0. The molecule has 1 saturated heterocycles. The SMILES string of the molecule is CCc1noc(CNC(=O)C2CC(=O)N(c3nnc(Cc4ccccc4)s3)C2)n1. The van der Waals surface area contributed by atoms with Crippen LogP contribution in [0.2, 0.25) is 0 Å². The van der Waals surface area contributed by atoms with Gasteiger partial charge in [0.25, 0.3) is 0 Å². The number of carbonyl (C=O) groups excluding carboxylic acids is 2. The monoisotopic (exact) mass is 412 g/mol. The number of rotatable bonds is 7. The maximum atomic E-state index is 12.5. The Kier molecular flexibility index (Phi) is 5.61. The summed E-state index contributed by atoms with van der Waals surface area (Å²) >= 11 is 1.38. The van der Waals surface area contributed by atoms with E-state index in [0.29, 0.717) is 29.7 Å². The van der Waals surface area contributed by atoms with Gasteiger partial charge < -0.3 is 9.84 Å². The lowest BCUT2D eigenvalue weighted by molar-refractivity contribution is -0.126. The highest BCUT2D eigenvalue weighted by Gasteiger charge is 2.36. The van der Waals surface area contributed by atoms with Gasteiger partial charge in [-0.05, 0) is 5.56 Å². The van der Waals surface area contributed by atoms with Gasteiger partial charge >= 0.3 is 0 Å². The summed E-state index contributed by atoms with van der Waals surface area (Å²) in [5.41, 5.74) is 1.13. The molecule has 10 heteroatoms. The third-order valence-corrected chi connectivity index (χ3v) is 5.57. The van der Waals surface area contributed by atoms with Gasteiger partial charge in [-0.25, -0.2) is 0 Å². The number of nitrogens with one attached hydrogen (secondary N) is 1. The molecule has 0 aliphatic carbocycles. The van der Waals surface area contributed by atoms with Crippen LogP contribution in [0.5, 0.6) is 0 Å². The summed E-state index contributed by atoms with van der Waals surface area (Å²) in [6.45, 7) is 2.36. The Morgan fingerprint density at radius 3 is 2.90 bits per heavy atom. The van der Waals surface area contributed by atoms with Crippen LogP contribution in [0.1, 0.15) is 35.6 Å². The van der Waals surface area contributed by atoms with Gasteiger partial charge in [0.05, 0.1) is 12.5 Å². The normalized spacial score (nSPS) is 16.4. The van der Waals surface area contributed by atoms with Gasteiger partial charge in [-0.15, -0.1) is 10.2 Å². The predicted octanol–water partition coefficient (Wildman–Crippen LogP) is 1.74. The van der Waals surface area contributed by atoms with Crippen LogP contribution in [0, 0.1) is 5.92 Å². The van der Waals surface area contributed by atoms with Gasteiger partial charge in [-0.2, -0.15) is 4.98 Å². The number of anilines is 1. The molecule has 4 rings (SSSR count). The molecule has 2 amide bonds. The average Bonchev–Trinajstić information content (AvgIpc) is 3.46. The van der Waals surface area contributed by atoms with Crippen LogP contribution in [0.15, 0.2) is 34.9 Å². The highest BCUT2D eigenvalue weighted by molar-refractivity contribution is 7.15. The number of amides is 2. The molecule has 3 heterocycles. The molecule has 1 unspecified atom stereocenters. The summed E-state index contributed by atoms with van der Waals surface area (Å²) in [6.07, 6.45) is 1.47. The second-order valence-corrected chi connectivity index (χ2v) is 7.76. The number of carbonyl (C=O) groups is 2. The Labute approximate surface area is 171 Å². The number of aromatic nitrogens is 4. The first-order chi connectivity index (χ1) is 14.1. The second-order valence-electron chi connectivity index (χ2n) is 6.72. The number of nitrogens with zero attached hydrogens (tertiary/aromatic N) is 5. The third-order valence-electron chi connectivity index (χ3n) is 4.62. The van der Waals surface area contributed by atoms with E-state index in [4.69, 9.17) is 4.52 Å². The zero-order chi connectivity index (χ0) is 20.2. The lowest BCUT2D eigenvalue weighted by Crippen LogP contribution is -2.32. The van der Waals surface area contributed by atoms with Crippen molar-refractivity contribution in [3.05, 3.63) is 52.6 Å². The Balaban J connectivity index is 1.34. The van der Waals surface area contributed by atoms with Gasteiger partial charge in [0, 0.05) is 25.8 Å². The Bertz CT molecular complexity index is 1000. The molecule has 0 saturated carbocycles. The standard InChI is InChI=1S/C19H20N6O3S/c1-2-14-21-15(28-24-14)10-20-18(27)13-9-17(26)25(11-13)19-23-22-16(29-19)8-12-6-4-3-5-7-12/h3-7,13H,2,8-11H2,1H3,(H,20,27). The average molecular weight is 412 g/mol. The molecule has 0 radical (unpaired) electrons. The molecule has 1 aliphatic rings. The van der Waals surface area contributed by atoms with E-state index < -0.39 is 5.92 Å². The van der Waals surface area contributed by atoms with Crippen LogP contribution in [0.4, 0.5) is 5.13 Å². The van der Waals surface area contributed by atoms with E-state index in [-0.39, 0.29) is 31.3 Å². The molecule has 2 aromatic heterocycles. The maximum absolute atomic E-state index is 12.5. The third kappa shape index (κ3) is 4.48. The molecule has 29 heavy (non-hydrogen) atoms. The smallest absolute Gasteiger partial charge is 0.246 e. The van der Waals surface area contributed by atoms with E-state index >= 15 is 0 Å². The van der Waals surface area contributed by atoms with Crippen molar-refractivity contribution in [1.29, 1.82) is 0 Å². The summed E-state index contributed by atoms with van der Waals surface area (Å²) in [6, 6.07) is 9.96. The molecule has 0 spiro atoms. The van der Waals surface area contributed by atoms with Crippen molar-refractivity contribution in [2.24, 2.45) is 5.92 Å². The van der Waals surface area contributed by atoms with Crippen molar-refractivity contribution < 1.29 is 14.1 Å². The van der Waals surface area contributed by atoms with Gasteiger partial charge in [0.15, 0.2) is 5.82 Å². The van der Waals surface area contributed by atoms with E-state index in [1.54, 1.807) is 0 Å². The second kappa shape index (κ2) is 8.48. The lowest BCUT2D eigenvalue weighted by Gasteiger charge is -2.12. The molecule has 0 bridgehead atoms. The predicted molar refractivity (Wildman–Crippen MR) is 105 cm³/mol. The molecule has 1 N–H and O–H groups in total. The Hall–Kier alpha value is -3.14. The fourth-order valence-corrected chi connectivity index (χ4v) is 3.98. The van der Waals surface area contributed by atoms with Gasteiger partial charge in [-0.3, -0.25) is 14.5 Å². The lowest BCUT2D eigenvalue weighted by atomic mass is 10.1. The highest BCUT2D eigenvalue weighted by atomic mass is 32.1. The van der Waals surface area contributed by atoms with Crippen LogP contribution in [0.3, 0.4) is 0 Å². The van der Waals surface area contributed by atoms with Crippen molar-refractivity contribution in [1.82, 2.24) is 25.7 Å². The van der Waals surface area contributed by atoms with Gasteiger partial charge in [0.2, 0.25) is 22.8 Å². The van der Waals surface area contributed by atoms with Crippen molar-refractivity contribution in [3.8, 4) is 0 Å². The minimum absolute atomic E-state index is 0.126. The summed E-state index contributed by atoms with van der Waals surface area (Å²) < 4.78 is 5.06. The molecule has 150 valence electrons. The molecule has 9 nitrogen and oxygen atoms in total. The van der Waals surface area contributed by atoms with E-state index in [1.807, 2.05) is 37.3 Å². The van der Waals surface area contributed by atoms with Crippen LogP contribution in [0.25, 0.3) is 0 Å². The van der Waals surface area contributed by atoms with Crippen LogP contribution >= 0.6 is 11.3 Å². The molecule has 1 fully saturated rings. The van der Waals surface area contributed by atoms with E-state index in [2.05, 4.69) is 25.7 Å². The van der Waals surface area contributed by atoms with E-state index in [9.17, 15) is 9.59 Å². The van der Waals surface area contributed by atoms with Gasteiger partial charge in [-0.1, -0.05) is 53.7 Å². The maximum Gasteiger partial charge on any atom is 0.246 e. The first-order valence-corrected chi connectivity index (χ1v) is 10.2. The molecule has 1 atom stereocenters. The van der Waals surface area contributed by atoms with Crippen LogP contribution in [-0.4, -0.2) is 38.7 Å². The van der Waals surface area contributed by atoms with Crippen molar-refractivity contribution >= 4 is 28.3 Å². The highest BCUT2D eigenvalue weighted by Crippen LogP contribution is 2.28. The number of aryl methyl sites for hydroxylation is 1. The quantitative estimate of drug-likeness (QED) is 0.629. The van der Waals surface area contributed by atoms with E-state index in [0.717, 1.165) is 10.6 Å². The first kappa shape index (κ1) is 19.2. The minimum Gasteiger partial charge on any atom is -0.347 e. The molecule has 1 aliphatic heterocycles. The number of benzene rings is 1. The Morgan fingerprint density at radius 1 is 1.31 bits per heavy atom. The van der Waals surface area contributed by atoms with Crippen molar-refractivity contribution in [3.63, 3.8) is 0 Å². The zero-order valence-electron chi connectivity index (χ0n) is 15.9. The summed E-state index contributed by atoms with van der Waals surface area (Å²) in [5.74, 6) is 0.160. The van der Waals surface area contributed by atoms with Crippen LogP contribution < -0.4 is 10.2 Å². The topological polar surface area (TPSA) is 114 Å².